The predicted octanol–water partition coefficient (Wildman–Crippen LogP) is -10.0. The average Bonchev–Trinajstić information content (AvgIpc) is 1.38. The molecule has 4 aliphatic rings. The highest BCUT2D eigenvalue weighted by atomic mass is 32.2. The minimum Gasteiger partial charge on any atom is -0.394 e. The molecule has 147 heavy (non-hydrogen) atoms. The average molecular weight is 2130 g/mol. The van der Waals surface area contributed by atoms with Crippen LogP contribution in [-0.4, -0.2) is 381 Å². The van der Waals surface area contributed by atoms with Gasteiger partial charge in [0.2, 0.25) is 112 Å². The van der Waals surface area contributed by atoms with Crippen LogP contribution in [0.3, 0.4) is 0 Å². The molecule has 0 spiro atoms. The maximum atomic E-state index is 15.1. The second kappa shape index (κ2) is 61.7. The van der Waals surface area contributed by atoms with Gasteiger partial charge in [0.05, 0.1) is 69.4 Å². The molecule has 4 fully saturated rings. The lowest BCUT2D eigenvalue weighted by Gasteiger charge is -2.42. The molecule has 0 radical (unpaired) electrons. The first kappa shape index (κ1) is 123. The largest absolute Gasteiger partial charge is 0.394 e. The molecule has 6 rings (SSSR count). The number of aliphatic hydroxyl groups excluding tert-OH is 3. The number of aliphatic hydroxyl groups is 3. The standard InChI is InChI=1S/C89H148N32O23S3/c1-12-47(8)69-85(142)107-57(31-52-33-97-40-101-52)77(134)111-61(80(137)102-49(10)71(91)128)36-145-25-19-65(125)118-41-119-43-120(42-118)67(127)21-27-147-38-63(112-76(133)56(30-51-32-96-39-100-51)105-78(135)59(34-122)109-73(130)53(16-13-22-98-88(92)93)104-84(141)68(46(6)7)113-81(138)62(110-72(129)48(9)90)37-146-26-20-66(119)126)82(139)117-116-60(35-123)79(136)115-70(50(11)124)86(143)106-55(28-44(2)3)75(132)108-58(29-45(4)5)87(144)121-24-15-18-64(121)83(140)103-54(74(131)114-69)17-14-23-99-89(94)95/h32-33,39-40,44-50,53-64,68-70,116,122-124H,12-31,34-38,41-43,90H2,1-11H3,(H2,91,128)(H,96,100)(H,97,101)(H,102,137)(H,103,140)(H,104,141)(H,105,135)(H,106,143)(H,107,142)(H,108,132)(H,109,130)(H,110,129)(H,111,134)(H,112,133)(H,113,138)(H,114,131)(H,115,136)(H,117,139)(H4,92,93,98)(H4,94,95,99)/t47-,48-,49-,50+,53-,54-,55-,56-,57-,58-,59-,60-,61-,62-,63-,64-,68-,69-,70-/m0/s1. The third kappa shape index (κ3) is 40.8. The van der Waals surface area contributed by atoms with Crippen molar-refractivity contribution < 1.29 is 111 Å². The zero-order chi connectivity index (χ0) is 109. The fourth-order valence-corrected chi connectivity index (χ4v) is 18.5. The number of nitrogens with one attached hydrogen (secondary N) is 22. The highest BCUT2D eigenvalue weighted by Crippen LogP contribution is 2.25. The van der Waals surface area contributed by atoms with E-state index in [9.17, 15) is 87.2 Å². The van der Waals surface area contributed by atoms with E-state index >= 15 is 24.0 Å². The molecular weight excluding hydrogens is 1980 g/mol. The van der Waals surface area contributed by atoms with Crippen LogP contribution in [0.5, 0.6) is 0 Å². The summed E-state index contributed by atoms with van der Waals surface area (Å²) in [5, 5.41) is 89.8. The molecule has 4 bridgehead atoms. The van der Waals surface area contributed by atoms with Crippen LogP contribution in [0.2, 0.25) is 0 Å². The number of rotatable bonds is 27. The monoisotopic (exact) mass is 2130 g/mol. The van der Waals surface area contributed by atoms with E-state index in [0.717, 1.165) is 52.0 Å². The number of nitrogens with zero attached hydrogens (tertiary/aromatic N) is 6. The summed E-state index contributed by atoms with van der Waals surface area (Å²) >= 11 is 2.78. The summed E-state index contributed by atoms with van der Waals surface area (Å²) in [5.41, 5.74) is 27.7. The van der Waals surface area contributed by atoms with Gasteiger partial charge >= 0.3 is 0 Å². The van der Waals surface area contributed by atoms with Gasteiger partial charge < -0.3 is 153 Å². The molecule has 0 aromatic carbocycles. The highest BCUT2D eigenvalue weighted by molar-refractivity contribution is 7.99. The molecule has 820 valence electrons. The quantitative estimate of drug-likeness (QED) is 0.0224. The van der Waals surface area contributed by atoms with Gasteiger partial charge in [0, 0.05) is 98.6 Å². The number of carbonyl (C=O) groups excluding carboxylic acids is 20. The van der Waals surface area contributed by atoms with Gasteiger partial charge in [-0.3, -0.25) is 112 Å². The van der Waals surface area contributed by atoms with E-state index in [1.807, 2.05) is 0 Å². The molecule has 2 aromatic rings. The third-order valence-corrected chi connectivity index (χ3v) is 27.3. The van der Waals surface area contributed by atoms with Gasteiger partial charge in [-0.15, -0.1) is 0 Å². The number of hydrazine groups is 1. The van der Waals surface area contributed by atoms with Crippen molar-refractivity contribution in [2.45, 2.75) is 275 Å². The third-order valence-electron chi connectivity index (χ3n) is 24.1. The number of imidazole rings is 2. The fourth-order valence-electron chi connectivity index (χ4n) is 15.6. The number of hydrogen-bond donors (Lipinski definition) is 29. The molecule has 20 amide bonds. The van der Waals surface area contributed by atoms with Gasteiger partial charge in [-0.2, -0.15) is 35.3 Å². The summed E-state index contributed by atoms with van der Waals surface area (Å²) < 4.78 is 0. The summed E-state index contributed by atoms with van der Waals surface area (Å²) in [7, 11) is 0. The van der Waals surface area contributed by atoms with Gasteiger partial charge in [0.15, 0.2) is 11.9 Å². The van der Waals surface area contributed by atoms with Crippen LogP contribution < -0.4 is 119 Å². The van der Waals surface area contributed by atoms with E-state index < -0.39 is 309 Å². The van der Waals surface area contributed by atoms with E-state index in [1.165, 1.54) is 48.7 Å². The second-order valence-corrected chi connectivity index (χ2v) is 41.0. The van der Waals surface area contributed by atoms with Gasteiger partial charge in [-0.25, -0.2) is 15.4 Å². The first-order chi connectivity index (χ1) is 69.5. The summed E-state index contributed by atoms with van der Waals surface area (Å²) in [5.74, 6) is -23.9. The van der Waals surface area contributed by atoms with Crippen molar-refractivity contribution in [1.29, 1.82) is 10.8 Å². The SMILES string of the molecule is CC[C@H](C)[C@@H]1NC(=O)[C@H](CCCNC(=N)N)NC(=O)[C@@H]2CCCN2C(=O)[C@H](CC(C)C)NC(=O)[C@H](CC(C)C)NC(=O)[C@H]([C@@H](C)O)NC(=O)[C@H](CO)NNC(=O)[C@@H]2CSCCC(=O)N3CN(CN(C3)C(=O)CCSC[C@@H](C(=O)N[C@@H](C)C(N)=O)NC(=O)[C@H](Cc3c[nH]cn3)NC1=O)C(=O)CCSC[C@H](NC(=O)[C@H](C)N)C(=O)N[C@@H](C(C)C)C(=O)N[C@@H](CCCNC(=N)N)C(=O)N[C@@H](CO)C(=O)N[C@@H](Cc1c[nH]cn1)C(=O)N2. The Morgan fingerprint density at radius 1 is 0.497 bits per heavy atom. The Balaban J connectivity index is 1.50. The first-order valence-corrected chi connectivity index (χ1v) is 52.2. The first-order valence-electron chi connectivity index (χ1n) is 48.8. The molecule has 0 unspecified atom stereocenters. The van der Waals surface area contributed by atoms with Crippen LogP contribution in [0, 0.1) is 34.5 Å². The van der Waals surface area contributed by atoms with Crippen molar-refractivity contribution in [2.75, 3.05) is 87.4 Å². The van der Waals surface area contributed by atoms with E-state index in [0.29, 0.717) is 0 Å². The van der Waals surface area contributed by atoms with E-state index in [1.54, 1.807) is 55.4 Å². The topological polar surface area (TPSA) is 841 Å². The number of fused-ring (bicyclic) bond motifs is 8. The number of carbonyl (C=O) groups is 20. The zero-order valence-corrected chi connectivity index (χ0v) is 87.0. The van der Waals surface area contributed by atoms with Crippen molar-refractivity contribution >= 4 is 165 Å². The Morgan fingerprint density at radius 2 is 0.925 bits per heavy atom. The summed E-state index contributed by atoms with van der Waals surface area (Å²) in [6, 6.07) is -26.9. The van der Waals surface area contributed by atoms with Gasteiger partial charge in [0.1, 0.15) is 96.7 Å². The minimum absolute atomic E-state index is 0.00249. The zero-order valence-electron chi connectivity index (χ0n) is 84.5. The number of guanidine groups is 2. The van der Waals surface area contributed by atoms with Crippen molar-refractivity contribution in [3.05, 3.63) is 36.4 Å². The number of nitrogens with two attached hydrogens (primary N) is 4. The number of aromatic amines is 2. The molecule has 19 atom stereocenters. The van der Waals surface area contributed by atoms with Crippen LogP contribution in [0.15, 0.2) is 25.0 Å². The minimum atomic E-state index is -1.96. The Kier molecular flexibility index (Phi) is 51.6. The van der Waals surface area contributed by atoms with Crippen LogP contribution in [0.1, 0.15) is 165 Å². The highest BCUT2D eigenvalue weighted by Gasteiger charge is 2.45. The molecular formula is C89H148N32O23S3. The molecule has 33 N–H and O–H groups in total. The number of H-pyrrole nitrogens is 2. The normalized spacial score (nSPS) is 25.9. The molecule has 4 saturated heterocycles. The second-order valence-electron chi connectivity index (χ2n) is 37.6. The lowest BCUT2D eigenvalue weighted by Crippen LogP contribution is -2.63. The smallest absolute Gasteiger partial charge is 0.257 e. The molecule has 0 saturated carbocycles. The Morgan fingerprint density at radius 3 is 1.41 bits per heavy atom. The van der Waals surface area contributed by atoms with Crippen LogP contribution >= 0.6 is 35.3 Å². The molecule has 58 heteroatoms. The lowest BCUT2D eigenvalue weighted by molar-refractivity contribution is -0.158. The number of thioether (sulfide) groups is 3. The number of aromatic nitrogens is 4. The van der Waals surface area contributed by atoms with E-state index in [4.69, 9.17) is 33.8 Å². The van der Waals surface area contributed by atoms with Crippen LogP contribution in [0.4, 0.5) is 0 Å². The van der Waals surface area contributed by atoms with Gasteiger partial charge in [-0.05, 0) is 95.8 Å². The number of primary amides is 1. The van der Waals surface area contributed by atoms with E-state index in [-0.39, 0.29) is 142 Å². The van der Waals surface area contributed by atoms with Crippen LogP contribution in [0.25, 0.3) is 0 Å². The summed E-state index contributed by atoms with van der Waals surface area (Å²) in [6.45, 7) is 13.3. The number of hydrogen-bond acceptors (Lipinski definition) is 32. The Labute approximate surface area is 863 Å². The Bertz CT molecular complexity index is 4830. The molecule has 55 nitrogen and oxygen atoms in total. The van der Waals surface area contributed by atoms with Crippen LogP contribution in [-0.2, 0) is 109 Å². The van der Waals surface area contributed by atoms with Crippen molar-refractivity contribution in [1.82, 2.24) is 135 Å². The van der Waals surface area contributed by atoms with Crippen molar-refractivity contribution in [3.63, 3.8) is 0 Å². The molecule has 0 aliphatic carbocycles. The number of amides is 20. The van der Waals surface area contributed by atoms with Crippen molar-refractivity contribution in [3.8, 4) is 0 Å². The van der Waals surface area contributed by atoms with Gasteiger partial charge in [0.25, 0.3) is 5.91 Å². The molecule has 4 aliphatic heterocycles. The molecule has 6 heterocycles. The summed E-state index contributed by atoms with van der Waals surface area (Å²) in [6.07, 6.45) is 1.44. The van der Waals surface area contributed by atoms with E-state index in [2.05, 4.69) is 116 Å². The maximum absolute atomic E-state index is 15.1. The summed E-state index contributed by atoms with van der Waals surface area (Å²) in [4.78, 5) is 311. The molecule has 2 aromatic heterocycles. The predicted molar refractivity (Wildman–Crippen MR) is 538 cm³/mol. The lowest BCUT2D eigenvalue weighted by atomic mass is 9.96. The maximum Gasteiger partial charge on any atom is 0.257 e. The Hall–Kier alpha value is -12.8. The van der Waals surface area contributed by atoms with Crippen molar-refractivity contribution in [2.24, 2.45) is 46.6 Å². The van der Waals surface area contributed by atoms with Gasteiger partial charge in [-0.1, -0.05) is 61.8 Å². The fraction of sp³-hybridized carbons (Fsp3) is 0.685.